The fraction of sp³-hybridized carbons (Fsp3) is 0.316. The Bertz CT molecular complexity index is 1010. The zero-order valence-electron chi connectivity index (χ0n) is 14.9. The van der Waals surface area contributed by atoms with Crippen LogP contribution in [0, 0.1) is 5.82 Å². The molecule has 0 aromatic carbocycles. The molecule has 3 aromatic heterocycles. The normalized spacial score (nSPS) is 14.1. The molecule has 0 saturated carbocycles. The van der Waals surface area contributed by atoms with Crippen molar-refractivity contribution in [1.82, 2.24) is 19.3 Å². The average molecular weight is 369 g/mol. The lowest BCUT2D eigenvalue weighted by Crippen LogP contribution is -2.40. The number of halogens is 1. The molecule has 1 fully saturated rings. The van der Waals surface area contributed by atoms with Crippen molar-refractivity contribution in [3.05, 3.63) is 59.2 Å². The Morgan fingerprint density at radius 3 is 2.85 bits per heavy atom. The van der Waals surface area contributed by atoms with Crippen LogP contribution in [0.4, 0.5) is 10.2 Å². The van der Waals surface area contributed by atoms with Crippen LogP contribution >= 0.6 is 0 Å². The molecule has 7 nitrogen and oxygen atoms in total. The SMILES string of the molecule is CCCn1cc(-n2cc(-c3cnc(NC4COC4)cc3F)cn2)ccc1=O. The van der Waals surface area contributed by atoms with Crippen molar-refractivity contribution in [2.75, 3.05) is 18.5 Å². The topological polar surface area (TPSA) is 74.0 Å². The lowest BCUT2D eigenvalue weighted by atomic mass is 10.1. The largest absolute Gasteiger partial charge is 0.377 e. The van der Waals surface area contributed by atoms with Crippen LogP contribution in [-0.4, -0.2) is 38.6 Å². The number of ether oxygens (including phenoxy) is 1. The molecule has 8 heteroatoms. The molecule has 1 saturated heterocycles. The lowest BCUT2D eigenvalue weighted by molar-refractivity contribution is 0.0209. The second-order valence-corrected chi connectivity index (χ2v) is 6.52. The highest BCUT2D eigenvalue weighted by Gasteiger charge is 2.19. The molecule has 1 aliphatic heterocycles. The van der Waals surface area contributed by atoms with Gasteiger partial charge in [-0.2, -0.15) is 5.10 Å². The summed E-state index contributed by atoms with van der Waals surface area (Å²) in [5, 5.41) is 7.43. The molecule has 0 atom stereocenters. The first-order valence-electron chi connectivity index (χ1n) is 8.90. The Labute approximate surface area is 155 Å². The van der Waals surface area contributed by atoms with Crippen LogP contribution in [-0.2, 0) is 11.3 Å². The lowest BCUT2D eigenvalue weighted by Gasteiger charge is -2.27. The molecule has 4 rings (SSSR count). The first-order valence-corrected chi connectivity index (χ1v) is 8.90. The Balaban J connectivity index is 1.59. The summed E-state index contributed by atoms with van der Waals surface area (Å²) in [5.41, 5.74) is 1.68. The Morgan fingerprint density at radius 2 is 2.15 bits per heavy atom. The average Bonchev–Trinajstić information content (AvgIpc) is 3.10. The molecule has 1 N–H and O–H groups in total. The highest BCUT2D eigenvalue weighted by Crippen LogP contribution is 2.24. The summed E-state index contributed by atoms with van der Waals surface area (Å²) >= 11 is 0. The van der Waals surface area contributed by atoms with E-state index < -0.39 is 0 Å². The van der Waals surface area contributed by atoms with E-state index in [2.05, 4.69) is 15.4 Å². The van der Waals surface area contributed by atoms with Gasteiger partial charge in [-0.15, -0.1) is 0 Å². The predicted molar refractivity (Wildman–Crippen MR) is 99.5 cm³/mol. The van der Waals surface area contributed by atoms with Crippen LogP contribution in [0.1, 0.15) is 13.3 Å². The van der Waals surface area contributed by atoms with Gasteiger partial charge in [0.2, 0.25) is 0 Å². The summed E-state index contributed by atoms with van der Waals surface area (Å²) in [6.45, 7) is 3.87. The second kappa shape index (κ2) is 7.32. The molecule has 0 aliphatic carbocycles. The first kappa shape index (κ1) is 17.4. The Hall–Kier alpha value is -3.00. The van der Waals surface area contributed by atoms with Crippen LogP contribution in [0.15, 0.2) is 47.8 Å². The number of rotatable bonds is 6. The van der Waals surface area contributed by atoms with Gasteiger partial charge in [0.05, 0.1) is 31.1 Å². The third-order valence-corrected chi connectivity index (χ3v) is 4.43. The maximum Gasteiger partial charge on any atom is 0.250 e. The van der Waals surface area contributed by atoms with Gasteiger partial charge in [-0.05, 0) is 12.5 Å². The maximum atomic E-state index is 14.5. The van der Waals surface area contributed by atoms with Gasteiger partial charge in [0.1, 0.15) is 11.6 Å². The number of pyridine rings is 2. The van der Waals surface area contributed by atoms with Crippen LogP contribution in [0.25, 0.3) is 16.8 Å². The Morgan fingerprint density at radius 1 is 1.30 bits per heavy atom. The molecule has 0 spiro atoms. The van der Waals surface area contributed by atoms with Gasteiger partial charge >= 0.3 is 0 Å². The number of anilines is 1. The van der Waals surface area contributed by atoms with Crippen molar-refractivity contribution in [2.45, 2.75) is 25.9 Å². The minimum atomic E-state index is -0.372. The molecule has 27 heavy (non-hydrogen) atoms. The van der Waals surface area contributed by atoms with E-state index in [1.807, 2.05) is 6.92 Å². The quantitative estimate of drug-likeness (QED) is 0.723. The molecule has 1 aliphatic rings. The predicted octanol–water partition coefficient (Wildman–Crippen LogP) is 2.46. The van der Waals surface area contributed by atoms with Crippen molar-refractivity contribution >= 4 is 5.82 Å². The van der Waals surface area contributed by atoms with E-state index in [-0.39, 0.29) is 17.4 Å². The van der Waals surface area contributed by atoms with E-state index in [1.165, 1.54) is 18.3 Å². The van der Waals surface area contributed by atoms with Crippen LogP contribution < -0.4 is 10.9 Å². The first-order chi connectivity index (χ1) is 13.1. The minimum absolute atomic E-state index is 0.0526. The summed E-state index contributed by atoms with van der Waals surface area (Å²) < 4.78 is 22.9. The van der Waals surface area contributed by atoms with Crippen molar-refractivity contribution in [1.29, 1.82) is 0 Å². The standard InChI is InChI=1S/C19H20FN5O2/c1-2-5-24-10-15(3-4-19(24)26)25-9-13(7-22-25)16-8-21-18(6-17(16)20)23-14-11-27-12-14/h3-4,6-10,14H,2,5,11-12H2,1H3,(H,21,23). The minimum Gasteiger partial charge on any atom is -0.377 e. The van der Waals surface area contributed by atoms with Crippen LogP contribution in [0.5, 0.6) is 0 Å². The zero-order valence-corrected chi connectivity index (χ0v) is 14.9. The van der Waals surface area contributed by atoms with E-state index in [0.717, 1.165) is 12.1 Å². The molecule has 0 radical (unpaired) electrons. The smallest absolute Gasteiger partial charge is 0.250 e. The zero-order chi connectivity index (χ0) is 18.8. The molecule has 0 bridgehead atoms. The third-order valence-electron chi connectivity index (χ3n) is 4.43. The monoisotopic (exact) mass is 369 g/mol. The maximum absolute atomic E-state index is 14.5. The van der Waals surface area contributed by atoms with E-state index in [4.69, 9.17) is 4.74 Å². The van der Waals surface area contributed by atoms with Gasteiger partial charge in [-0.1, -0.05) is 6.92 Å². The summed E-state index contributed by atoms with van der Waals surface area (Å²) in [6.07, 6.45) is 7.42. The van der Waals surface area contributed by atoms with Crippen molar-refractivity contribution in [3.8, 4) is 16.8 Å². The molecular weight excluding hydrogens is 349 g/mol. The number of hydrogen-bond acceptors (Lipinski definition) is 5. The highest BCUT2D eigenvalue weighted by molar-refractivity contribution is 5.63. The number of hydrogen-bond donors (Lipinski definition) is 1. The summed E-state index contributed by atoms with van der Waals surface area (Å²) in [6, 6.07) is 4.78. The number of nitrogens with one attached hydrogen (secondary N) is 1. The van der Waals surface area contributed by atoms with Crippen LogP contribution in [0.3, 0.4) is 0 Å². The summed E-state index contributed by atoms with van der Waals surface area (Å²) in [4.78, 5) is 16.1. The summed E-state index contributed by atoms with van der Waals surface area (Å²) in [5.74, 6) is 0.117. The Kier molecular flexibility index (Phi) is 4.72. The van der Waals surface area contributed by atoms with Crippen molar-refractivity contribution < 1.29 is 9.13 Å². The van der Waals surface area contributed by atoms with E-state index in [0.29, 0.717) is 36.7 Å². The van der Waals surface area contributed by atoms with E-state index in [9.17, 15) is 9.18 Å². The third kappa shape index (κ3) is 3.61. The van der Waals surface area contributed by atoms with Crippen LogP contribution in [0.2, 0.25) is 0 Å². The second-order valence-electron chi connectivity index (χ2n) is 6.52. The van der Waals surface area contributed by atoms with Crippen molar-refractivity contribution in [3.63, 3.8) is 0 Å². The number of aryl methyl sites for hydroxylation is 1. The molecule has 4 heterocycles. The molecule has 140 valence electrons. The van der Waals surface area contributed by atoms with Gasteiger partial charge in [0.25, 0.3) is 5.56 Å². The van der Waals surface area contributed by atoms with E-state index >= 15 is 0 Å². The molecule has 0 amide bonds. The van der Waals surface area contributed by atoms with Crippen molar-refractivity contribution in [2.24, 2.45) is 0 Å². The fourth-order valence-electron chi connectivity index (χ4n) is 2.92. The van der Waals surface area contributed by atoms with Gasteiger partial charge in [-0.3, -0.25) is 4.79 Å². The summed E-state index contributed by atoms with van der Waals surface area (Å²) in [7, 11) is 0. The highest BCUT2D eigenvalue weighted by atomic mass is 19.1. The van der Waals surface area contributed by atoms with Gasteiger partial charge in [0.15, 0.2) is 0 Å². The number of aromatic nitrogens is 4. The molecular formula is C19H20FN5O2. The molecule has 0 unspecified atom stereocenters. The fourth-order valence-corrected chi connectivity index (χ4v) is 2.92. The van der Waals surface area contributed by atoms with E-state index in [1.54, 1.807) is 33.9 Å². The van der Waals surface area contributed by atoms with Gasteiger partial charge in [0, 0.05) is 48.4 Å². The molecule has 3 aromatic rings. The van der Waals surface area contributed by atoms with Gasteiger partial charge in [-0.25, -0.2) is 14.1 Å². The number of nitrogens with zero attached hydrogens (tertiary/aromatic N) is 4. The van der Waals surface area contributed by atoms with Gasteiger partial charge < -0.3 is 14.6 Å².